The number of rotatable bonds is 15. The lowest BCUT2D eigenvalue weighted by Gasteiger charge is -2.25. The molecule has 3 heterocycles. The molecule has 226 valence electrons. The van der Waals surface area contributed by atoms with Gasteiger partial charge in [0.1, 0.15) is 6.61 Å². The van der Waals surface area contributed by atoms with Crippen LogP contribution in [0.2, 0.25) is 0 Å². The van der Waals surface area contributed by atoms with Gasteiger partial charge in [0.15, 0.2) is 11.5 Å². The molecule has 1 aromatic carbocycles. The molecule has 3 aromatic rings. The molecule has 1 aliphatic rings. The van der Waals surface area contributed by atoms with E-state index in [0.29, 0.717) is 36.6 Å². The van der Waals surface area contributed by atoms with E-state index >= 15 is 0 Å². The fraction of sp³-hybridized carbons (Fsp3) is 0.433. The van der Waals surface area contributed by atoms with Crippen molar-refractivity contribution in [3.05, 3.63) is 68.5 Å². The zero-order chi connectivity index (χ0) is 29.7. The van der Waals surface area contributed by atoms with E-state index in [9.17, 15) is 14.4 Å². The third-order valence-electron chi connectivity index (χ3n) is 6.54. The number of esters is 1. The Bertz CT molecular complexity index is 1250. The Kier molecular flexibility index (Phi) is 11.9. The van der Waals surface area contributed by atoms with Crippen molar-refractivity contribution in [1.82, 2.24) is 15.5 Å². The largest absolute Gasteiger partial charge is 0.466 e. The molecule has 0 unspecified atom stereocenters. The Hall–Kier alpha value is -3.77. The maximum Gasteiger partial charge on any atom is 0.410 e. The van der Waals surface area contributed by atoms with Gasteiger partial charge in [-0.1, -0.05) is 38.0 Å². The van der Waals surface area contributed by atoms with Crippen molar-refractivity contribution >= 4 is 40.8 Å². The molecule has 2 N–H and O–H groups in total. The zero-order valence-electron chi connectivity index (χ0n) is 23.8. The second-order valence-corrected chi connectivity index (χ2v) is 11.8. The Labute approximate surface area is 253 Å². The number of carbonyl (C=O) groups is 3. The summed E-state index contributed by atoms with van der Waals surface area (Å²) in [6.45, 7) is 5.03. The minimum absolute atomic E-state index is 0.0181. The van der Waals surface area contributed by atoms with E-state index in [-0.39, 0.29) is 26.4 Å². The molecule has 0 aliphatic carbocycles. The number of ether oxygens (including phenoxy) is 4. The number of thiophene rings is 2. The smallest absolute Gasteiger partial charge is 0.410 e. The number of urea groups is 1. The Morgan fingerprint density at radius 3 is 2.31 bits per heavy atom. The van der Waals surface area contributed by atoms with Crippen molar-refractivity contribution in [1.29, 1.82) is 0 Å². The maximum atomic E-state index is 13.2. The molecule has 0 saturated carbocycles. The third kappa shape index (κ3) is 9.38. The minimum atomic E-state index is -0.667. The van der Waals surface area contributed by atoms with Crippen molar-refractivity contribution in [2.45, 2.75) is 64.7 Å². The normalized spacial score (nSPS) is 13.2. The number of carbonyl (C=O) groups excluding carboxylic acids is 3. The number of hydrogen-bond acceptors (Lipinski definition) is 9. The van der Waals surface area contributed by atoms with Crippen molar-refractivity contribution < 1.29 is 33.3 Å². The molecular formula is C30H37N3O7S2. The molecule has 10 nitrogen and oxygen atoms in total. The SMILES string of the molecule is CCCC[C@@H](COC(=O)N(Cc1cccs1)Cc1cccs1)NC(=O)N[C@H](CC(=O)OCC)c1ccc2c(c1)OCO2. The van der Waals surface area contributed by atoms with Crippen LogP contribution in [-0.4, -0.2) is 49.0 Å². The van der Waals surface area contributed by atoms with Crippen LogP contribution in [0.5, 0.6) is 11.5 Å². The number of fused-ring (bicyclic) bond motifs is 1. The first-order valence-corrected chi connectivity index (χ1v) is 15.8. The predicted octanol–water partition coefficient (Wildman–Crippen LogP) is 6.23. The standard InChI is InChI=1S/C30H37N3O7S2/c1-3-5-8-22(19-38-30(36)33(17-23-9-6-13-41-23)18-24-10-7-14-42-24)31-29(35)32-25(16-28(34)37-4-2)21-11-12-26-27(15-21)40-20-39-26/h6-7,9-15,22,25H,3-5,8,16-20H2,1-2H3,(H2,31,32,35)/t22-,25+/m0/s1. The molecule has 2 aromatic heterocycles. The van der Waals surface area contributed by atoms with Crippen molar-refractivity contribution in [3.8, 4) is 11.5 Å². The van der Waals surface area contributed by atoms with Gasteiger partial charge >= 0.3 is 18.1 Å². The van der Waals surface area contributed by atoms with Crippen molar-refractivity contribution in [2.75, 3.05) is 20.0 Å². The first-order chi connectivity index (χ1) is 20.4. The van der Waals surface area contributed by atoms with Crippen LogP contribution in [0.3, 0.4) is 0 Å². The summed E-state index contributed by atoms with van der Waals surface area (Å²) in [6.07, 6.45) is 1.88. The van der Waals surface area contributed by atoms with E-state index in [2.05, 4.69) is 17.6 Å². The lowest BCUT2D eigenvalue weighted by molar-refractivity contribution is -0.143. The predicted molar refractivity (Wildman–Crippen MR) is 161 cm³/mol. The van der Waals surface area contributed by atoms with Gasteiger partial charge in [-0.05, 0) is 53.9 Å². The van der Waals surface area contributed by atoms with Gasteiger partial charge in [-0.3, -0.25) is 9.69 Å². The molecule has 3 amide bonds. The van der Waals surface area contributed by atoms with Crippen LogP contribution in [-0.2, 0) is 27.4 Å². The van der Waals surface area contributed by atoms with Crippen LogP contribution in [0.4, 0.5) is 9.59 Å². The zero-order valence-corrected chi connectivity index (χ0v) is 25.5. The molecule has 0 radical (unpaired) electrons. The molecule has 0 fully saturated rings. The highest BCUT2D eigenvalue weighted by molar-refractivity contribution is 7.10. The van der Waals surface area contributed by atoms with E-state index in [1.54, 1.807) is 52.7 Å². The van der Waals surface area contributed by atoms with Crippen LogP contribution in [0.15, 0.2) is 53.2 Å². The van der Waals surface area contributed by atoms with Gasteiger partial charge in [0.2, 0.25) is 6.79 Å². The second-order valence-electron chi connectivity index (χ2n) is 9.72. The van der Waals surface area contributed by atoms with Gasteiger partial charge in [-0.25, -0.2) is 9.59 Å². The quantitative estimate of drug-likeness (QED) is 0.195. The summed E-state index contributed by atoms with van der Waals surface area (Å²) in [4.78, 5) is 42.6. The highest BCUT2D eigenvalue weighted by Crippen LogP contribution is 2.35. The summed E-state index contributed by atoms with van der Waals surface area (Å²) >= 11 is 3.17. The van der Waals surface area contributed by atoms with Crippen LogP contribution in [0.25, 0.3) is 0 Å². The molecule has 0 spiro atoms. The fourth-order valence-electron chi connectivity index (χ4n) is 4.43. The maximum absolute atomic E-state index is 13.2. The summed E-state index contributed by atoms with van der Waals surface area (Å²) in [5.74, 6) is 0.714. The molecule has 42 heavy (non-hydrogen) atoms. The minimum Gasteiger partial charge on any atom is -0.466 e. The first kappa shape index (κ1) is 31.2. The topological polar surface area (TPSA) is 115 Å². The average Bonchev–Trinajstić information content (AvgIpc) is 3.77. The molecule has 4 rings (SSSR count). The van der Waals surface area contributed by atoms with Gasteiger partial charge in [-0.2, -0.15) is 0 Å². The number of benzene rings is 1. The van der Waals surface area contributed by atoms with Crippen LogP contribution >= 0.6 is 22.7 Å². The monoisotopic (exact) mass is 615 g/mol. The lowest BCUT2D eigenvalue weighted by Crippen LogP contribution is -2.46. The third-order valence-corrected chi connectivity index (χ3v) is 8.26. The number of unbranched alkanes of at least 4 members (excludes halogenated alkanes) is 1. The fourth-order valence-corrected chi connectivity index (χ4v) is 5.87. The Morgan fingerprint density at radius 1 is 0.952 bits per heavy atom. The first-order valence-electron chi connectivity index (χ1n) is 14.0. The summed E-state index contributed by atoms with van der Waals surface area (Å²) < 4.78 is 21.7. The van der Waals surface area contributed by atoms with E-state index < -0.39 is 30.2 Å². The number of nitrogens with zero attached hydrogens (tertiary/aromatic N) is 1. The summed E-state index contributed by atoms with van der Waals surface area (Å²) in [7, 11) is 0. The average molecular weight is 616 g/mol. The van der Waals surface area contributed by atoms with E-state index in [1.165, 1.54) is 0 Å². The van der Waals surface area contributed by atoms with Gasteiger partial charge in [-0.15, -0.1) is 22.7 Å². The summed E-state index contributed by atoms with van der Waals surface area (Å²) in [5, 5.41) is 9.80. The Morgan fingerprint density at radius 2 is 1.67 bits per heavy atom. The van der Waals surface area contributed by atoms with Gasteiger partial charge in [0, 0.05) is 9.75 Å². The second kappa shape index (κ2) is 16.0. The Balaban J connectivity index is 1.39. The van der Waals surface area contributed by atoms with Crippen LogP contribution < -0.4 is 20.1 Å². The lowest BCUT2D eigenvalue weighted by atomic mass is 10.0. The van der Waals surface area contributed by atoms with Crippen LogP contribution in [0, 0.1) is 0 Å². The highest BCUT2D eigenvalue weighted by atomic mass is 32.1. The number of hydrogen-bond donors (Lipinski definition) is 2. The summed E-state index contributed by atoms with van der Waals surface area (Å²) in [6, 6.07) is 11.6. The van der Waals surface area contributed by atoms with Crippen molar-refractivity contribution in [3.63, 3.8) is 0 Å². The molecule has 0 bridgehead atoms. The van der Waals surface area contributed by atoms with E-state index in [0.717, 1.165) is 22.6 Å². The number of amides is 3. The van der Waals surface area contributed by atoms with E-state index in [4.69, 9.17) is 18.9 Å². The molecule has 0 saturated heterocycles. The van der Waals surface area contributed by atoms with Crippen LogP contribution in [0.1, 0.15) is 60.9 Å². The number of nitrogens with one attached hydrogen (secondary N) is 2. The van der Waals surface area contributed by atoms with Gasteiger partial charge in [0.05, 0.1) is 38.2 Å². The molecular weight excluding hydrogens is 578 g/mol. The molecule has 2 atom stereocenters. The van der Waals surface area contributed by atoms with Gasteiger partial charge in [0.25, 0.3) is 0 Å². The van der Waals surface area contributed by atoms with Gasteiger partial charge < -0.3 is 29.6 Å². The summed E-state index contributed by atoms with van der Waals surface area (Å²) in [5.41, 5.74) is 0.678. The molecule has 12 heteroatoms. The van der Waals surface area contributed by atoms with Crippen molar-refractivity contribution in [2.24, 2.45) is 0 Å². The van der Waals surface area contributed by atoms with E-state index in [1.807, 2.05) is 35.0 Å². The highest BCUT2D eigenvalue weighted by Gasteiger charge is 2.25. The molecule has 1 aliphatic heterocycles.